The lowest BCUT2D eigenvalue weighted by Gasteiger charge is -2.02. The van der Waals surface area contributed by atoms with E-state index >= 15 is 0 Å². The van der Waals surface area contributed by atoms with Crippen molar-refractivity contribution in [1.82, 2.24) is 14.6 Å². The largest absolute Gasteiger partial charge is 0.351 e. The highest BCUT2D eigenvalue weighted by molar-refractivity contribution is 6.30. The summed E-state index contributed by atoms with van der Waals surface area (Å²) < 4.78 is 1.66. The highest BCUT2D eigenvalue weighted by Gasteiger charge is 2.03. The molecule has 0 saturated carbocycles. The summed E-state index contributed by atoms with van der Waals surface area (Å²) in [6.45, 7) is 4.08. The summed E-state index contributed by atoms with van der Waals surface area (Å²) in [5.74, 6) is 0.627. The van der Waals surface area contributed by atoms with Gasteiger partial charge in [0, 0.05) is 12.2 Å². The second kappa shape index (κ2) is 3.46. The van der Waals surface area contributed by atoms with Crippen LogP contribution in [-0.4, -0.2) is 20.6 Å². The molecule has 0 aliphatic rings. The zero-order chi connectivity index (χ0) is 10.1. The Labute approximate surface area is 86.9 Å². The van der Waals surface area contributed by atoms with Crippen LogP contribution in [0.2, 0.25) is 5.02 Å². The topological polar surface area (TPSA) is 42.2 Å². The van der Waals surface area contributed by atoms with Crippen molar-refractivity contribution in [3.8, 4) is 0 Å². The fourth-order valence-electron chi connectivity index (χ4n) is 1.18. The molecular weight excluding hydrogens is 200 g/mol. The molecular formula is C9H11ClN4. The van der Waals surface area contributed by atoms with Gasteiger partial charge < -0.3 is 5.32 Å². The number of nitrogens with zero attached hydrogens (tertiary/aromatic N) is 3. The fourth-order valence-corrected chi connectivity index (χ4v) is 1.33. The molecule has 0 amide bonds. The fraction of sp³-hybridized carbons (Fsp3) is 0.333. The van der Waals surface area contributed by atoms with Crippen molar-refractivity contribution in [1.29, 1.82) is 0 Å². The van der Waals surface area contributed by atoms with Gasteiger partial charge in [-0.1, -0.05) is 11.6 Å². The molecule has 2 aromatic rings. The Morgan fingerprint density at radius 3 is 2.93 bits per heavy atom. The van der Waals surface area contributed by atoms with E-state index in [2.05, 4.69) is 15.4 Å². The number of fused-ring (bicyclic) bond motifs is 1. The molecule has 0 bridgehead atoms. The van der Waals surface area contributed by atoms with Gasteiger partial charge in [-0.25, -0.2) is 4.52 Å². The van der Waals surface area contributed by atoms with Crippen LogP contribution >= 0.6 is 11.6 Å². The Kier molecular flexibility index (Phi) is 2.29. The van der Waals surface area contributed by atoms with Crippen LogP contribution < -0.4 is 5.32 Å². The van der Waals surface area contributed by atoms with Crippen LogP contribution in [0.1, 0.15) is 13.8 Å². The number of halogens is 1. The molecule has 0 aliphatic heterocycles. The number of hydrogen-bond donors (Lipinski definition) is 1. The number of pyridine rings is 1. The molecule has 4 nitrogen and oxygen atoms in total. The lowest BCUT2D eigenvalue weighted by Crippen LogP contribution is -2.10. The number of aromatic nitrogens is 3. The van der Waals surface area contributed by atoms with E-state index in [-0.39, 0.29) is 0 Å². The maximum atomic E-state index is 5.82. The smallest absolute Gasteiger partial charge is 0.243 e. The average molecular weight is 211 g/mol. The molecule has 0 radical (unpaired) electrons. The van der Waals surface area contributed by atoms with Crippen molar-refractivity contribution in [2.75, 3.05) is 5.32 Å². The lowest BCUT2D eigenvalue weighted by molar-refractivity contribution is 0.865. The maximum absolute atomic E-state index is 5.82. The van der Waals surface area contributed by atoms with Crippen LogP contribution in [0.25, 0.3) is 5.65 Å². The van der Waals surface area contributed by atoms with Crippen LogP contribution in [0.3, 0.4) is 0 Å². The summed E-state index contributed by atoms with van der Waals surface area (Å²) in [5.41, 5.74) is 0.789. The summed E-state index contributed by atoms with van der Waals surface area (Å²) in [6, 6.07) is 3.95. The Morgan fingerprint density at radius 2 is 2.21 bits per heavy atom. The minimum atomic E-state index is 0.322. The zero-order valence-corrected chi connectivity index (χ0v) is 8.78. The van der Waals surface area contributed by atoms with Gasteiger partial charge in [-0.15, -0.1) is 5.10 Å². The van der Waals surface area contributed by atoms with Crippen LogP contribution in [-0.2, 0) is 0 Å². The highest BCUT2D eigenvalue weighted by atomic mass is 35.5. The van der Waals surface area contributed by atoms with Crippen molar-refractivity contribution >= 4 is 23.2 Å². The summed E-state index contributed by atoms with van der Waals surface area (Å²) >= 11 is 5.82. The predicted octanol–water partition coefficient (Wildman–Crippen LogP) is 2.20. The molecule has 1 N–H and O–H groups in total. The van der Waals surface area contributed by atoms with Gasteiger partial charge in [0.2, 0.25) is 5.95 Å². The van der Waals surface area contributed by atoms with Crippen molar-refractivity contribution in [3.63, 3.8) is 0 Å². The van der Waals surface area contributed by atoms with Crippen molar-refractivity contribution in [2.24, 2.45) is 0 Å². The first-order valence-electron chi connectivity index (χ1n) is 4.43. The van der Waals surface area contributed by atoms with Crippen molar-refractivity contribution in [2.45, 2.75) is 19.9 Å². The van der Waals surface area contributed by atoms with Crippen molar-refractivity contribution in [3.05, 3.63) is 23.4 Å². The Hall–Kier alpha value is -1.29. The minimum Gasteiger partial charge on any atom is -0.351 e. The van der Waals surface area contributed by atoms with Crippen LogP contribution in [0.4, 0.5) is 5.95 Å². The normalized spacial score (nSPS) is 11.1. The lowest BCUT2D eigenvalue weighted by atomic mass is 10.4. The Bertz CT molecular complexity index is 449. The molecule has 0 atom stereocenters. The molecule has 0 saturated heterocycles. The van der Waals surface area contributed by atoms with E-state index in [0.29, 0.717) is 17.0 Å². The summed E-state index contributed by atoms with van der Waals surface area (Å²) in [5, 5.41) is 8.00. The van der Waals surface area contributed by atoms with E-state index in [9.17, 15) is 0 Å². The highest BCUT2D eigenvalue weighted by Crippen LogP contribution is 2.11. The SMILES string of the molecule is CC(C)Nc1nc2ccc(Cl)cn2n1. The number of rotatable bonds is 2. The summed E-state index contributed by atoms with van der Waals surface area (Å²) in [4.78, 5) is 4.28. The van der Waals surface area contributed by atoms with E-state index in [4.69, 9.17) is 11.6 Å². The first-order chi connectivity index (χ1) is 6.65. The number of anilines is 1. The number of nitrogens with one attached hydrogen (secondary N) is 1. The molecule has 2 aromatic heterocycles. The van der Waals surface area contributed by atoms with Gasteiger partial charge in [-0.3, -0.25) is 0 Å². The minimum absolute atomic E-state index is 0.322. The standard InChI is InChI=1S/C9H11ClN4/c1-6(2)11-9-12-8-4-3-7(10)5-14(8)13-9/h3-6H,1-2H3,(H,11,13). The molecule has 2 rings (SSSR count). The van der Waals surface area contributed by atoms with Gasteiger partial charge in [0.05, 0.1) is 5.02 Å². The molecule has 74 valence electrons. The van der Waals surface area contributed by atoms with Gasteiger partial charge in [0.15, 0.2) is 5.65 Å². The van der Waals surface area contributed by atoms with E-state index in [1.807, 2.05) is 19.9 Å². The third-order valence-corrected chi connectivity index (χ3v) is 1.94. The van der Waals surface area contributed by atoms with Crippen LogP contribution in [0, 0.1) is 0 Å². The van der Waals surface area contributed by atoms with Gasteiger partial charge in [-0.2, -0.15) is 4.98 Å². The Balaban J connectivity index is 2.41. The molecule has 14 heavy (non-hydrogen) atoms. The van der Waals surface area contributed by atoms with Gasteiger partial charge in [0.25, 0.3) is 0 Å². The average Bonchev–Trinajstić information content (AvgIpc) is 2.44. The maximum Gasteiger partial charge on any atom is 0.243 e. The van der Waals surface area contributed by atoms with E-state index in [1.165, 1.54) is 0 Å². The summed E-state index contributed by atoms with van der Waals surface area (Å²) in [6.07, 6.45) is 1.73. The monoisotopic (exact) mass is 210 g/mol. The predicted molar refractivity (Wildman–Crippen MR) is 56.8 cm³/mol. The molecule has 0 aromatic carbocycles. The Morgan fingerprint density at radius 1 is 1.43 bits per heavy atom. The van der Waals surface area contributed by atoms with E-state index in [1.54, 1.807) is 16.8 Å². The second-order valence-electron chi connectivity index (χ2n) is 3.38. The van der Waals surface area contributed by atoms with Crippen molar-refractivity contribution < 1.29 is 0 Å². The molecule has 2 heterocycles. The van der Waals surface area contributed by atoms with Crippen LogP contribution in [0.15, 0.2) is 18.3 Å². The molecule has 0 spiro atoms. The third-order valence-electron chi connectivity index (χ3n) is 1.71. The quantitative estimate of drug-likeness (QED) is 0.827. The molecule has 5 heteroatoms. The third kappa shape index (κ3) is 1.80. The number of hydrogen-bond acceptors (Lipinski definition) is 3. The second-order valence-corrected chi connectivity index (χ2v) is 3.82. The molecule has 0 fully saturated rings. The van der Waals surface area contributed by atoms with E-state index in [0.717, 1.165) is 5.65 Å². The van der Waals surface area contributed by atoms with Gasteiger partial charge >= 0.3 is 0 Å². The van der Waals surface area contributed by atoms with Crippen LogP contribution in [0.5, 0.6) is 0 Å². The molecule has 0 aliphatic carbocycles. The van der Waals surface area contributed by atoms with E-state index < -0.39 is 0 Å². The first kappa shape index (κ1) is 9.27. The zero-order valence-electron chi connectivity index (χ0n) is 8.03. The van der Waals surface area contributed by atoms with Gasteiger partial charge in [0.1, 0.15) is 0 Å². The first-order valence-corrected chi connectivity index (χ1v) is 4.81. The van der Waals surface area contributed by atoms with Gasteiger partial charge in [-0.05, 0) is 26.0 Å². The summed E-state index contributed by atoms with van der Waals surface area (Å²) in [7, 11) is 0. The molecule has 0 unspecified atom stereocenters.